The number of carbonyl (C=O) groups is 2. The zero-order valence-corrected chi connectivity index (χ0v) is 7.41. The first kappa shape index (κ1) is 8.43. The molecule has 1 unspecified atom stereocenters. The molecule has 70 valence electrons. The van der Waals surface area contributed by atoms with E-state index in [0.717, 1.165) is 13.0 Å². The van der Waals surface area contributed by atoms with Crippen molar-refractivity contribution in [2.45, 2.75) is 11.8 Å². The Balaban J connectivity index is 2.14. The van der Waals surface area contributed by atoms with Crippen molar-refractivity contribution < 1.29 is 19.4 Å². The van der Waals surface area contributed by atoms with Gasteiger partial charge in [0.2, 0.25) is 11.0 Å². The van der Waals surface area contributed by atoms with Crippen LogP contribution in [0.5, 0.6) is 0 Å². The van der Waals surface area contributed by atoms with E-state index < -0.39 is 6.16 Å². The smallest absolute Gasteiger partial charge is 0.449 e. The molecular weight excluding hydrogens is 194 g/mol. The molecule has 1 saturated heterocycles. The second-order valence-corrected chi connectivity index (χ2v) is 3.91. The predicted molar refractivity (Wildman–Crippen MR) is 44.9 cm³/mol. The third kappa shape index (κ3) is 1.49. The molecule has 1 atom stereocenters. The van der Waals surface area contributed by atoms with Crippen molar-refractivity contribution in [1.29, 1.82) is 0 Å². The SMILES string of the molecule is O=C(O)OC1=CC(=O)SC2CCN12. The highest BCUT2D eigenvalue weighted by Gasteiger charge is 2.37. The highest BCUT2D eigenvalue weighted by molar-refractivity contribution is 8.14. The summed E-state index contributed by atoms with van der Waals surface area (Å²) < 4.78 is 4.46. The van der Waals surface area contributed by atoms with Crippen LogP contribution in [0.3, 0.4) is 0 Å². The fourth-order valence-electron chi connectivity index (χ4n) is 1.27. The predicted octanol–water partition coefficient (Wildman–Crippen LogP) is 0.828. The van der Waals surface area contributed by atoms with Gasteiger partial charge in [-0.1, -0.05) is 11.8 Å². The second-order valence-electron chi connectivity index (χ2n) is 2.72. The number of carbonyl (C=O) groups excluding carboxylic acids is 1. The minimum absolute atomic E-state index is 0.0758. The van der Waals surface area contributed by atoms with Crippen molar-refractivity contribution in [2.75, 3.05) is 6.54 Å². The van der Waals surface area contributed by atoms with Crippen LogP contribution in [0, 0.1) is 0 Å². The molecule has 0 aromatic heterocycles. The third-order valence-corrected chi connectivity index (χ3v) is 3.05. The van der Waals surface area contributed by atoms with E-state index in [1.807, 2.05) is 0 Å². The van der Waals surface area contributed by atoms with Crippen molar-refractivity contribution in [2.24, 2.45) is 0 Å². The van der Waals surface area contributed by atoms with Gasteiger partial charge >= 0.3 is 6.16 Å². The molecule has 6 heteroatoms. The standard InChI is InChI=1S/C7H7NO4S/c9-6-3-4(12-7(10)11)8-2-1-5(8)13-6/h3,5H,1-2H2,(H,10,11). The molecule has 2 rings (SSSR count). The number of fused-ring (bicyclic) bond motifs is 1. The van der Waals surface area contributed by atoms with E-state index in [2.05, 4.69) is 4.74 Å². The van der Waals surface area contributed by atoms with E-state index in [4.69, 9.17) is 5.11 Å². The highest BCUT2D eigenvalue weighted by atomic mass is 32.2. The van der Waals surface area contributed by atoms with E-state index >= 15 is 0 Å². The minimum Gasteiger partial charge on any atom is -0.449 e. The lowest BCUT2D eigenvalue weighted by atomic mass is 10.2. The van der Waals surface area contributed by atoms with Crippen LogP contribution in [-0.4, -0.2) is 33.2 Å². The molecule has 13 heavy (non-hydrogen) atoms. The molecule has 1 N–H and O–H groups in total. The largest absolute Gasteiger partial charge is 0.512 e. The Morgan fingerprint density at radius 1 is 1.77 bits per heavy atom. The summed E-state index contributed by atoms with van der Waals surface area (Å²) in [6.45, 7) is 0.754. The van der Waals surface area contributed by atoms with Gasteiger partial charge in [-0.25, -0.2) is 4.79 Å². The Bertz CT molecular complexity index is 301. The summed E-state index contributed by atoms with van der Waals surface area (Å²) in [6.07, 6.45) is 0.738. The summed E-state index contributed by atoms with van der Waals surface area (Å²) in [7, 11) is 0. The van der Waals surface area contributed by atoms with E-state index in [0.29, 0.717) is 0 Å². The zero-order valence-electron chi connectivity index (χ0n) is 6.60. The summed E-state index contributed by atoms with van der Waals surface area (Å²) in [5.41, 5.74) is 0. The van der Waals surface area contributed by atoms with Crippen molar-refractivity contribution in [1.82, 2.24) is 4.90 Å². The minimum atomic E-state index is -1.38. The van der Waals surface area contributed by atoms with Crippen LogP contribution in [0.4, 0.5) is 4.79 Å². The zero-order chi connectivity index (χ0) is 9.42. The third-order valence-electron chi connectivity index (χ3n) is 1.93. The fourth-order valence-corrected chi connectivity index (χ4v) is 2.26. The quantitative estimate of drug-likeness (QED) is 0.634. The second kappa shape index (κ2) is 2.95. The number of hydrogen-bond acceptors (Lipinski definition) is 5. The molecule has 0 radical (unpaired) electrons. The Morgan fingerprint density at radius 3 is 3.08 bits per heavy atom. The van der Waals surface area contributed by atoms with Gasteiger partial charge in [-0.2, -0.15) is 0 Å². The Labute approximate surface area is 78.3 Å². The summed E-state index contributed by atoms with van der Waals surface area (Å²) in [6, 6.07) is 0. The molecule has 2 aliphatic rings. The molecule has 0 spiro atoms. The van der Waals surface area contributed by atoms with Crippen molar-refractivity contribution in [3.8, 4) is 0 Å². The average molecular weight is 201 g/mol. The molecule has 1 fully saturated rings. The van der Waals surface area contributed by atoms with Gasteiger partial charge in [0.05, 0.1) is 11.4 Å². The van der Waals surface area contributed by atoms with E-state index in [1.54, 1.807) is 4.90 Å². The molecule has 0 aliphatic carbocycles. The molecular formula is C7H7NO4S. The number of hydrogen-bond donors (Lipinski definition) is 1. The number of carboxylic acid groups (broad SMARTS) is 1. The maximum absolute atomic E-state index is 11.0. The molecule has 0 amide bonds. The molecule has 2 aliphatic heterocycles. The van der Waals surface area contributed by atoms with Crippen molar-refractivity contribution >= 4 is 23.0 Å². The first-order chi connectivity index (χ1) is 6.16. The Morgan fingerprint density at radius 2 is 2.54 bits per heavy atom. The molecule has 5 nitrogen and oxygen atoms in total. The lowest BCUT2D eigenvalue weighted by molar-refractivity contribution is -0.108. The number of rotatable bonds is 1. The normalized spacial score (nSPS) is 25.8. The number of thioether (sulfide) groups is 1. The van der Waals surface area contributed by atoms with Gasteiger partial charge in [-0.3, -0.25) is 4.79 Å². The van der Waals surface area contributed by atoms with E-state index in [9.17, 15) is 9.59 Å². The molecule has 2 heterocycles. The van der Waals surface area contributed by atoms with Crippen LogP contribution in [0.15, 0.2) is 12.0 Å². The fraction of sp³-hybridized carbons (Fsp3) is 0.429. The van der Waals surface area contributed by atoms with Gasteiger partial charge in [0, 0.05) is 6.54 Å². The summed E-state index contributed by atoms with van der Waals surface area (Å²) in [5.74, 6) is 0.160. The summed E-state index contributed by atoms with van der Waals surface area (Å²) in [5, 5.41) is 8.31. The molecule has 0 aromatic carbocycles. The summed E-state index contributed by atoms with van der Waals surface area (Å²) in [4.78, 5) is 23.0. The topological polar surface area (TPSA) is 66.8 Å². The van der Waals surface area contributed by atoms with Crippen LogP contribution in [0.2, 0.25) is 0 Å². The van der Waals surface area contributed by atoms with Gasteiger partial charge in [-0.15, -0.1) is 0 Å². The van der Waals surface area contributed by atoms with Crippen molar-refractivity contribution in [3.63, 3.8) is 0 Å². The maximum Gasteiger partial charge on any atom is 0.512 e. The van der Waals surface area contributed by atoms with Crippen LogP contribution >= 0.6 is 11.8 Å². The first-order valence-corrected chi connectivity index (χ1v) is 4.64. The van der Waals surface area contributed by atoms with Crippen LogP contribution < -0.4 is 0 Å². The van der Waals surface area contributed by atoms with Gasteiger partial charge in [0.25, 0.3) is 0 Å². The molecule has 0 saturated carbocycles. The molecule has 0 bridgehead atoms. The number of ether oxygens (including phenoxy) is 1. The van der Waals surface area contributed by atoms with E-state index in [-0.39, 0.29) is 16.4 Å². The lowest BCUT2D eigenvalue weighted by Gasteiger charge is -2.43. The Kier molecular flexibility index (Phi) is 1.91. The van der Waals surface area contributed by atoms with Gasteiger partial charge in [0.15, 0.2) is 0 Å². The first-order valence-electron chi connectivity index (χ1n) is 3.76. The van der Waals surface area contributed by atoms with Crippen LogP contribution in [0.25, 0.3) is 0 Å². The lowest BCUT2D eigenvalue weighted by Crippen LogP contribution is -2.48. The maximum atomic E-state index is 11.0. The van der Waals surface area contributed by atoms with Gasteiger partial charge in [-0.05, 0) is 6.42 Å². The van der Waals surface area contributed by atoms with E-state index in [1.165, 1.54) is 17.8 Å². The van der Waals surface area contributed by atoms with Gasteiger partial charge < -0.3 is 14.7 Å². The average Bonchev–Trinajstić information content (AvgIpc) is 1.94. The highest BCUT2D eigenvalue weighted by Crippen LogP contribution is 2.36. The number of nitrogens with zero attached hydrogens (tertiary/aromatic N) is 1. The van der Waals surface area contributed by atoms with Gasteiger partial charge in [0.1, 0.15) is 0 Å². The monoisotopic (exact) mass is 201 g/mol. The van der Waals surface area contributed by atoms with Crippen molar-refractivity contribution in [3.05, 3.63) is 12.0 Å². The Hall–Kier alpha value is -1.17. The summed E-state index contributed by atoms with van der Waals surface area (Å²) >= 11 is 1.20. The molecule has 0 aromatic rings. The van der Waals surface area contributed by atoms with Crippen LogP contribution in [-0.2, 0) is 9.53 Å². The van der Waals surface area contributed by atoms with Crippen LogP contribution in [0.1, 0.15) is 6.42 Å².